The van der Waals surface area contributed by atoms with E-state index in [-0.39, 0.29) is 5.92 Å². The fourth-order valence-electron chi connectivity index (χ4n) is 4.99. The highest BCUT2D eigenvalue weighted by Crippen LogP contribution is 2.42. The molecule has 0 saturated heterocycles. The summed E-state index contributed by atoms with van der Waals surface area (Å²) in [6.45, 7) is 0. The summed E-state index contributed by atoms with van der Waals surface area (Å²) in [5.74, 6) is 1.42. The maximum absolute atomic E-state index is 13.0. The van der Waals surface area contributed by atoms with Crippen LogP contribution in [0, 0.1) is 5.92 Å². The molecule has 216 valence electrons. The Hall–Kier alpha value is -4.64. The molecule has 42 heavy (non-hydrogen) atoms. The lowest BCUT2D eigenvalue weighted by atomic mass is 9.95. The van der Waals surface area contributed by atoms with Crippen LogP contribution in [0.4, 0.5) is 25.0 Å². The summed E-state index contributed by atoms with van der Waals surface area (Å²) >= 11 is 6.33. The fourth-order valence-corrected chi connectivity index (χ4v) is 5.16. The molecule has 4 N–H and O–H groups in total. The first-order valence-corrected chi connectivity index (χ1v) is 13.8. The molecular formula is C30H28ClF2N6O3+. The third kappa shape index (κ3) is 5.60. The average Bonchev–Trinajstić information content (AvgIpc) is 3.72. The number of nitrogens with two attached hydrogens (primary N) is 1. The second-order valence-electron chi connectivity index (χ2n) is 10.3. The van der Waals surface area contributed by atoms with Crippen LogP contribution in [-0.2, 0) is 4.74 Å². The number of ether oxygens (including phenoxy) is 1. The third-order valence-corrected chi connectivity index (χ3v) is 7.58. The van der Waals surface area contributed by atoms with Crippen molar-refractivity contribution in [3.63, 3.8) is 0 Å². The van der Waals surface area contributed by atoms with Crippen molar-refractivity contribution in [2.24, 2.45) is 11.7 Å². The second-order valence-corrected chi connectivity index (χ2v) is 10.7. The number of pyridine rings is 1. The first-order chi connectivity index (χ1) is 20.3. The lowest BCUT2D eigenvalue weighted by Crippen LogP contribution is -2.53. The van der Waals surface area contributed by atoms with E-state index in [1.54, 1.807) is 46.0 Å². The summed E-state index contributed by atoms with van der Waals surface area (Å²) in [4.78, 5) is 22.7. The lowest BCUT2D eigenvalue weighted by molar-refractivity contribution is -0.913. The molecule has 0 spiro atoms. The Kier molecular flexibility index (Phi) is 7.42. The van der Waals surface area contributed by atoms with E-state index in [0.717, 1.165) is 41.0 Å². The maximum Gasteiger partial charge on any atom is 0.411 e. The van der Waals surface area contributed by atoms with Gasteiger partial charge in [-0.15, -0.1) is 4.94 Å². The van der Waals surface area contributed by atoms with Gasteiger partial charge in [-0.3, -0.25) is 5.32 Å². The van der Waals surface area contributed by atoms with Gasteiger partial charge in [0, 0.05) is 39.3 Å². The van der Waals surface area contributed by atoms with Crippen molar-refractivity contribution in [2.75, 3.05) is 17.7 Å². The van der Waals surface area contributed by atoms with Crippen molar-refractivity contribution in [3.05, 3.63) is 95.4 Å². The summed E-state index contributed by atoms with van der Waals surface area (Å²) < 4.78 is 34.1. The number of imidazole rings is 1. The number of nitrogens with one attached hydrogen (secondary N) is 2. The molecule has 12 heteroatoms. The predicted molar refractivity (Wildman–Crippen MR) is 154 cm³/mol. The molecular weight excluding hydrogens is 566 g/mol. The molecule has 4 aromatic rings. The first-order valence-electron chi connectivity index (χ1n) is 13.4. The number of carbonyl (C=O) groups excluding carboxylic acids is 1. The molecule has 1 aliphatic heterocycles. The van der Waals surface area contributed by atoms with E-state index in [2.05, 4.69) is 15.4 Å². The van der Waals surface area contributed by atoms with Gasteiger partial charge < -0.3 is 15.8 Å². The highest BCUT2D eigenvalue weighted by atomic mass is 35.5. The summed E-state index contributed by atoms with van der Waals surface area (Å²) in [7, 11) is 1.31. The second kappa shape index (κ2) is 11.3. The third-order valence-electron chi connectivity index (χ3n) is 7.35. The van der Waals surface area contributed by atoms with Gasteiger partial charge in [0.2, 0.25) is 5.69 Å². The van der Waals surface area contributed by atoms with E-state index in [1.165, 1.54) is 20.0 Å². The molecule has 2 aromatic heterocycles. The molecule has 1 saturated carbocycles. The summed E-state index contributed by atoms with van der Waals surface area (Å²) in [6.07, 6.45) is 4.69. The van der Waals surface area contributed by atoms with Crippen LogP contribution in [0.1, 0.15) is 36.7 Å². The number of halogens is 3. The zero-order valence-electron chi connectivity index (χ0n) is 22.6. The van der Waals surface area contributed by atoms with Crippen molar-refractivity contribution in [2.45, 2.75) is 31.6 Å². The lowest BCUT2D eigenvalue weighted by Gasteiger charge is -2.21. The number of alkyl halides is 2. The molecule has 0 bridgehead atoms. The average molecular weight is 594 g/mol. The Morgan fingerprint density at radius 1 is 1.21 bits per heavy atom. The van der Waals surface area contributed by atoms with Crippen LogP contribution in [0.5, 0.6) is 0 Å². The maximum atomic E-state index is 13.0. The number of nitrogens with zero attached hydrogens (tertiary/aromatic N) is 3. The molecule has 1 aliphatic carbocycles. The van der Waals surface area contributed by atoms with E-state index in [0.29, 0.717) is 27.9 Å². The van der Waals surface area contributed by atoms with Gasteiger partial charge in [-0.1, -0.05) is 24.4 Å². The number of aromatic nitrogens is 3. The number of fused-ring (bicyclic) bond motifs is 2. The number of benzene rings is 2. The number of hydrogen-bond acceptors (Lipinski definition) is 6. The normalized spacial score (nSPS) is 15.9. The van der Waals surface area contributed by atoms with E-state index >= 15 is 0 Å². The van der Waals surface area contributed by atoms with Gasteiger partial charge in [0.05, 0.1) is 19.0 Å². The van der Waals surface area contributed by atoms with Crippen molar-refractivity contribution in [1.29, 1.82) is 0 Å². The van der Waals surface area contributed by atoms with E-state index in [4.69, 9.17) is 27.3 Å². The quantitative estimate of drug-likeness (QED) is 0.218. The van der Waals surface area contributed by atoms with Gasteiger partial charge >= 0.3 is 6.09 Å². The van der Waals surface area contributed by atoms with E-state index in [9.17, 15) is 13.6 Å². The number of anilines is 2. The highest BCUT2D eigenvalue weighted by Gasteiger charge is 2.41. The smallest absolute Gasteiger partial charge is 0.411 e. The van der Waals surface area contributed by atoms with Crippen molar-refractivity contribution in [3.8, 4) is 22.4 Å². The molecule has 2 aromatic carbocycles. The van der Waals surface area contributed by atoms with Crippen LogP contribution < -0.4 is 26.0 Å². The standard InChI is InChI=1S/C30H27ClF2N6O3/c1-41-30(40)37-21-8-4-18(5-9-21)27-15-36-29-23(12-17-2-3-17)26-11-6-19(16-38(26)42-39(27)29)22-13-20(31)7-10-25(22)35-14-24(34)28(32)33/h4-11,13-17,23,28,35H,2-3,12,34H2,1H3/p+1/b24-14-. The van der Waals surface area contributed by atoms with Crippen LogP contribution in [0.25, 0.3) is 22.4 Å². The van der Waals surface area contributed by atoms with Crippen LogP contribution in [-0.4, -0.2) is 29.3 Å². The van der Waals surface area contributed by atoms with Gasteiger partial charge in [-0.25, -0.2) is 18.6 Å². The summed E-state index contributed by atoms with van der Waals surface area (Å²) in [5, 5.41) is 6.01. The molecule has 9 nitrogen and oxygen atoms in total. The monoisotopic (exact) mass is 593 g/mol. The minimum atomic E-state index is -2.77. The zero-order valence-corrected chi connectivity index (χ0v) is 23.3. The number of methoxy groups -OCH3 is 1. The molecule has 0 radical (unpaired) electrons. The summed E-state index contributed by atoms with van der Waals surface area (Å²) in [6, 6.07) is 16.4. The number of amides is 1. The Morgan fingerprint density at radius 3 is 2.69 bits per heavy atom. The number of rotatable bonds is 8. The van der Waals surface area contributed by atoms with Crippen molar-refractivity contribution >= 4 is 29.1 Å². The Labute approximate surface area is 245 Å². The van der Waals surface area contributed by atoms with Gasteiger partial charge in [0.25, 0.3) is 12.2 Å². The van der Waals surface area contributed by atoms with Crippen LogP contribution in [0.2, 0.25) is 5.02 Å². The van der Waals surface area contributed by atoms with Crippen LogP contribution >= 0.6 is 11.6 Å². The van der Waals surface area contributed by atoms with Gasteiger partial charge in [0.15, 0.2) is 5.69 Å². The molecule has 1 fully saturated rings. The molecule has 2 aliphatic rings. The Morgan fingerprint density at radius 2 is 1.98 bits per heavy atom. The molecule has 6 rings (SSSR count). The summed E-state index contributed by atoms with van der Waals surface area (Å²) in [5.41, 5.74) is 9.99. The van der Waals surface area contributed by atoms with Crippen molar-refractivity contribution in [1.82, 2.24) is 9.71 Å². The van der Waals surface area contributed by atoms with Crippen LogP contribution in [0.15, 0.2) is 78.9 Å². The van der Waals surface area contributed by atoms with Gasteiger partial charge in [-0.05, 0) is 76.4 Å². The molecule has 1 atom stereocenters. The first kappa shape index (κ1) is 27.5. The fraction of sp³-hybridized carbons (Fsp3) is 0.233. The Balaban J connectivity index is 1.37. The van der Waals surface area contributed by atoms with E-state index < -0.39 is 18.2 Å². The van der Waals surface area contributed by atoms with Gasteiger partial charge in [0.1, 0.15) is 12.1 Å². The van der Waals surface area contributed by atoms with E-state index in [1.807, 2.05) is 30.5 Å². The van der Waals surface area contributed by atoms with Gasteiger partial charge in [-0.2, -0.15) is 0 Å². The topological polar surface area (TPSA) is 107 Å². The van der Waals surface area contributed by atoms with Crippen LogP contribution in [0.3, 0.4) is 0 Å². The number of carbonyl (C=O) groups is 1. The van der Waals surface area contributed by atoms with Crippen molar-refractivity contribution < 1.29 is 28.0 Å². The SMILES string of the molecule is COC(=O)Nc1ccc(-c2cnc3n2O[n+]2cc(-c4cc(Cl)ccc4N/C=C(\N)C(F)F)ccc2C3CC2CC2)cc1. The Bertz CT molecular complexity index is 1670. The zero-order chi connectivity index (χ0) is 29.4. The molecule has 1 amide bonds. The predicted octanol–water partition coefficient (Wildman–Crippen LogP) is 5.95. The number of allylic oxidation sites excluding steroid dienone is 1. The molecule has 1 unspecified atom stereocenters. The number of hydrogen-bond donors (Lipinski definition) is 3. The largest absolute Gasteiger partial charge is 0.453 e. The highest BCUT2D eigenvalue weighted by molar-refractivity contribution is 6.31. The minimum absolute atomic E-state index is 0.0000412. The minimum Gasteiger partial charge on any atom is -0.453 e. The molecule has 3 heterocycles.